The minimum absolute atomic E-state index is 0.0603. The van der Waals surface area contributed by atoms with Crippen molar-refractivity contribution in [2.45, 2.75) is 50.2 Å². The lowest BCUT2D eigenvalue weighted by Crippen LogP contribution is -2.51. The van der Waals surface area contributed by atoms with Crippen LogP contribution in [0.15, 0.2) is 53.5 Å². The number of nitrogens with one attached hydrogen (secondary N) is 1. The zero-order valence-corrected chi connectivity index (χ0v) is 18.6. The van der Waals surface area contributed by atoms with Crippen LogP contribution in [-0.4, -0.2) is 42.8 Å². The van der Waals surface area contributed by atoms with Gasteiger partial charge in [-0.05, 0) is 43.4 Å². The van der Waals surface area contributed by atoms with Gasteiger partial charge in [0.05, 0.1) is 0 Å². The van der Waals surface area contributed by atoms with Gasteiger partial charge in [-0.15, -0.1) is 0 Å². The molecule has 0 spiro atoms. The van der Waals surface area contributed by atoms with Crippen molar-refractivity contribution >= 4 is 15.7 Å². The van der Waals surface area contributed by atoms with E-state index in [1.807, 2.05) is 30.3 Å². The predicted molar refractivity (Wildman–Crippen MR) is 117 cm³/mol. The Balaban J connectivity index is 1.71. The molecule has 1 amide bonds. The molecule has 8 nitrogen and oxygen atoms in total. The van der Waals surface area contributed by atoms with Gasteiger partial charge in [0.25, 0.3) is 11.5 Å². The second-order valence-electron chi connectivity index (χ2n) is 7.91. The van der Waals surface area contributed by atoms with Crippen molar-refractivity contribution in [2.75, 3.05) is 12.9 Å². The van der Waals surface area contributed by atoms with Gasteiger partial charge in [0.1, 0.15) is 0 Å². The summed E-state index contributed by atoms with van der Waals surface area (Å²) in [6, 6.07) is 12.8. The van der Waals surface area contributed by atoms with Crippen LogP contribution in [-0.2, 0) is 30.8 Å². The molecule has 1 fully saturated rings. The van der Waals surface area contributed by atoms with Gasteiger partial charge in [-0.3, -0.25) is 9.59 Å². The third kappa shape index (κ3) is 5.61. The summed E-state index contributed by atoms with van der Waals surface area (Å²) in [5, 5.41) is 0. The van der Waals surface area contributed by atoms with Gasteiger partial charge < -0.3 is 9.30 Å². The second-order valence-corrected chi connectivity index (χ2v) is 10.4. The molecular formula is C22H28N2O6S. The summed E-state index contributed by atoms with van der Waals surface area (Å²) in [6.07, 6.45) is 4.40. The number of aryl methyl sites for hydroxylation is 1. The minimum Gasteiger partial charge on any atom is -0.350 e. The molecule has 0 aliphatic carbocycles. The monoisotopic (exact) mass is 448 g/mol. The lowest BCUT2D eigenvalue weighted by Gasteiger charge is -2.28. The van der Waals surface area contributed by atoms with Crippen molar-refractivity contribution < 1.29 is 22.8 Å². The molecule has 1 aliphatic heterocycles. The third-order valence-electron chi connectivity index (χ3n) is 5.65. The maximum absolute atomic E-state index is 12.7. The number of hydrogen-bond acceptors (Lipinski definition) is 6. The molecule has 1 aromatic carbocycles. The van der Waals surface area contributed by atoms with Gasteiger partial charge in [0.15, 0.2) is 20.9 Å². The summed E-state index contributed by atoms with van der Waals surface area (Å²) < 4.78 is 29.9. The first-order chi connectivity index (χ1) is 14.7. The second kappa shape index (κ2) is 9.76. The van der Waals surface area contributed by atoms with E-state index in [0.29, 0.717) is 13.0 Å². The van der Waals surface area contributed by atoms with Crippen LogP contribution in [0.1, 0.15) is 32.6 Å². The number of benzene rings is 1. The van der Waals surface area contributed by atoms with E-state index in [4.69, 9.17) is 9.57 Å². The molecule has 0 saturated carbocycles. The van der Waals surface area contributed by atoms with Crippen molar-refractivity contribution in [1.82, 2.24) is 10.0 Å². The highest BCUT2D eigenvalue weighted by Crippen LogP contribution is 2.23. The fraction of sp³-hybridized carbons (Fsp3) is 0.455. The van der Waals surface area contributed by atoms with E-state index in [9.17, 15) is 18.0 Å². The number of rotatable bonds is 8. The lowest BCUT2D eigenvalue weighted by molar-refractivity contribution is -0.201. The fourth-order valence-corrected chi connectivity index (χ4v) is 4.18. The Kier molecular flexibility index (Phi) is 7.30. The van der Waals surface area contributed by atoms with E-state index in [2.05, 4.69) is 5.48 Å². The largest absolute Gasteiger partial charge is 0.350 e. The van der Waals surface area contributed by atoms with Crippen LogP contribution >= 0.6 is 0 Å². The van der Waals surface area contributed by atoms with Crippen LogP contribution in [0.3, 0.4) is 0 Å². The Morgan fingerprint density at radius 3 is 2.58 bits per heavy atom. The van der Waals surface area contributed by atoms with E-state index >= 15 is 0 Å². The molecule has 0 radical (unpaired) electrons. The number of amides is 1. The van der Waals surface area contributed by atoms with E-state index in [-0.39, 0.29) is 18.5 Å². The van der Waals surface area contributed by atoms with Crippen molar-refractivity contribution in [3.8, 4) is 11.1 Å². The van der Waals surface area contributed by atoms with Gasteiger partial charge in [0.2, 0.25) is 0 Å². The number of carbonyl (C=O) groups is 1. The third-order valence-corrected chi connectivity index (χ3v) is 7.68. The summed E-state index contributed by atoms with van der Waals surface area (Å²) in [7, 11) is -3.80. The van der Waals surface area contributed by atoms with Gasteiger partial charge in [-0.1, -0.05) is 30.3 Å². The number of aromatic nitrogens is 1. The Labute approximate surface area is 182 Å². The maximum atomic E-state index is 12.7. The average Bonchev–Trinajstić information content (AvgIpc) is 2.77. The number of carbonyl (C=O) groups excluding carboxylic acids is 1. The molecule has 1 unspecified atom stereocenters. The van der Waals surface area contributed by atoms with E-state index < -0.39 is 26.8 Å². The fourth-order valence-electron chi connectivity index (χ4n) is 3.34. The number of nitrogens with zero attached hydrogens (tertiary/aromatic N) is 1. The number of hydroxylamine groups is 1. The number of hydrogen-bond donors (Lipinski definition) is 1. The zero-order chi connectivity index (χ0) is 22.5. The highest BCUT2D eigenvalue weighted by Gasteiger charge is 2.44. The van der Waals surface area contributed by atoms with Crippen molar-refractivity contribution in [2.24, 2.45) is 0 Å². The molecule has 1 N–H and O–H groups in total. The molecule has 2 atom stereocenters. The zero-order valence-electron chi connectivity index (χ0n) is 17.7. The molecule has 31 heavy (non-hydrogen) atoms. The predicted octanol–water partition coefficient (Wildman–Crippen LogP) is 2.28. The summed E-state index contributed by atoms with van der Waals surface area (Å²) in [5.41, 5.74) is 3.66. The highest BCUT2D eigenvalue weighted by molar-refractivity contribution is 7.92. The summed E-state index contributed by atoms with van der Waals surface area (Å²) in [4.78, 5) is 30.6. The first-order valence-corrected chi connectivity index (χ1v) is 12.1. The molecule has 1 saturated heterocycles. The smallest absolute Gasteiger partial charge is 0.264 e. The lowest BCUT2D eigenvalue weighted by atomic mass is 10.1. The molecule has 1 aliphatic rings. The van der Waals surface area contributed by atoms with Crippen LogP contribution in [0.2, 0.25) is 0 Å². The Hall–Kier alpha value is -2.49. The van der Waals surface area contributed by atoms with Crippen molar-refractivity contribution in [3.63, 3.8) is 0 Å². The molecule has 2 aromatic rings. The molecule has 1 aromatic heterocycles. The van der Waals surface area contributed by atoms with Crippen molar-refractivity contribution in [3.05, 3.63) is 59.0 Å². The first-order valence-electron chi connectivity index (χ1n) is 10.2. The molecule has 2 heterocycles. The Morgan fingerprint density at radius 1 is 1.23 bits per heavy atom. The van der Waals surface area contributed by atoms with Gasteiger partial charge >= 0.3 is 0 Å². The minimum atomic E-state index is -3.80. The normalized spacial score (nSPS) is 18.8. The summed E-state index contributed by atoms with van der Waals surface area (Å²) in [5.74, 6) is -0.780. The summed E-state index contributed by atoms with van der Waals surface area (Å²) >= 11 is 0. The quantitative estimate of drug-likeness (QED) is 0.622. The van der Waals surface area contributed by atoms with Crippen LogP contribution in [0.4, 0.5) is 0 Å². The van der Waals surface area contributed by atoms with E-state index in [1.54, 1.807) is 12.3 Å². The van der Waals surface area contributed by atoms with Gasteiger partial charge in [-0.25, -0.2) is 18.7 Å². The van der Waals surface area contributed by atoms with E-state index in [1.165, 1.54) is 17.6 Å². The van der Waals surface area contributed by atoms with Gasteiger partial charge in [0, 0.05) is 38.1 Å². The molecule has 0 bridgehead atoms. The van der Waals surface area contributed by atoms with Crippen LogP contribution in [0, 0.1) is 0 Å². The SMILES string of the molecule is C[C@@](CCn1ccc(-c2ccccc2)cc1=O)(C(=O)NOC1CCCCO1)S(C)(=O)=O. The van der Waals surface area contributed by atoms with Gasteiger partial charge in [-0.2, -0.15) is 0 Å². The maximum Gasteiger partial charge on any atom is 0.264 e. The Morgan fingerprint density at radius 2 is 1.97 bits per heavy atom. The Bertz CT molecular complexity index is 1060. The molecule has 3 rings (SSSR count). The van der Waals surface area contributed by atoms with Crippen LogP contribution < -0.4 is 11.0 Å². The molecule has 9 heteroatoms. The topological polar surface area (TPSA) is 104 Å². The molecule has 168 valence electrons. The van der Waals surface area contributed by atoms with Crippen LogP contribution in [0.25, 0.3) is 11.1 Å². The average molecular weight is 449 g/mol. The van der Waals surface area contributed by atoms with Crippen molar-refractivity contribution in [1.29, 1.82) is 0 Å². The number of sulfone groups is 1. The number of ether oxygens (including phenoxy) is 1. The standard InChI is InChI=1S/C22H28N2O6S/c1-22(31(2,27)28,21(26)23-30-20-10-6-7-15-29-20)12-14-24-13-11-18(16-19(24)25)17-8-4-3-5-9-17/h3-5,8-9,11,13,16,20H,6-7,10,12,14-15H2,1-2H3,(H,23,26)/t20?,22-/m1/s1. The summed E-state index contributed by atoms with van der Waals surface area (Å²) in [6.45, 7) is 1.93. The number of pyridine rings is 1. The molecular weight excluding hydrogens is 420 g/mol. The van der Waals surface area contributed by atoms with Crippen LogP contribution in [0.5, 0.6) is 0 Å². The highest BCUT2D eigenvalue weighted by atomic mass is 32.2. The van der Waals surface area contributed by atoms with E-state index in [0.717, 1.165) is 30.2 Å². The first kappa shape index (κ1) is 23.2.